The van der Waals surface area contributed by atoms with Gasteiger partial charge in [-0.25, -0.2) is 4.39 Å². The van der Waals surface area contributed by atoms with Crippen LogP contribution in [0.1, 0.15) is 50.6 Å². The van der Waals surface area contributed by atoms with Crippen LogP contribution in [-0.4, -0.2) is 34.0 Å². The standard InChI is InChI=1S/C26H31FN4O2/c1-18(2)15-23(19-7-4-3-5-8-19)28-26(32)21-9-6-14-31(16-21)17-24-29-25(30-33-24)20-10-12-22(27)13-11-20/h3-5,7-8,10-13,18,21,23H,6,9,14-17H2,1-2H3,(H,28,32). The second-order valence-corrected chi connectivity index (χ2v) is 9.19. The monoisotopic (exact) mass is 450 g/mol. The Morgan fingerprint density at radius 2 is 1.94 bits per heavy atom. The lowest BCUT2D eigenvalue weighted by atomic mass is 9.93. The molecule has 1 aliphatic heterocycles. The number of carbonyl (C=O) groups excluding carboxylic acids is 1. The van der Waals surface area contributed by atoms with E-state index in [-0.39, 0.29) is 23.7 Å². The largest absolute Gasteiger partial charge is 0.349 e. The van der Waals surface area contributed by atoms with E-state index in [2.05, 4.69) is 46.3 Å². The first-order valence-electron chi connectivity index (χ1n) is 11.6. The molecule has 2 atom stereocenters. The minimum Gasteiger partial charge on any atom is -0.349 e. The number of rotatable bonds is 8. The fraction of sp³-hybridized carbons (Fsp3) is 0.423. The molecule has 6 nitrogen and oxygen atoms in total. The van der Waals surface area contributed by atoms with Gasteiger partial charge in [-0.2, -0.15) is 4.98 Å². The summed E-state index contributed by atoms with van der Waals surface area (Å²) in [6.07, 6.45) is 2.72. The Bertz CT molecular complexity index is 1040. The van der Waals surface area contributed by atoms with E-state index in [1.807, 2.05) is 18.2 Å². The Kier molecular flexibility index (Phi) is 7.50. The third-order valence-electron chi connectivity index (χ3n) is 6.03. The highest BCUT2D eigenvalue weighted by Crippen LogP contribution is 2.24. The first kappa shape index (κ1) is 23.1. The molecule has 1 aromatic heterocycles. The number of likely N-dealkylation sites (tertiary alicyclic amines) is 1. The van der Waals surface area contributed by atoms with Crippen molar-refractivity contribution in [1.29, 1.82) is 0 Å². The summed E-state index contributed by atoms with van der Waals surface area (Å²) in [6.45, 7) is 6.38. The average Bonchev–Trinajstić information content (AvgIpc) is 3.28. The lowest BCUT2D eigenvalue weighted by Crippen LogP contribution is -2.43. The molecule has 33 heavy (non-hydrogen) atoms. The summed E-state index contributed by atoms with van der Waals surface area (Å²) in [5, 5.41) is 7.32. The number of aromatic nitrogens is 2. The normalized spacial score (nSPS) is 17.8. The van der Waals surface area contributed by atoms with Crippen LogP contribution < -0.4 is 5.32 Å². The Labute approximate surface area is 194 Å². The van der Waals surface area contributed by atoms with Crippen LogP contribution in [0.4, 0.5) is 4.39 Å². The van der Waals surface area contributed by atoms with Crippen molar-refractivity contribution in [3.63, 3.8) is 0 Å². The molecule has 3 aromatic rings. The van der Waals surface area contributed by atoms with Crippen LogP contribution in [0.15, 0.2) is 59.1 Å². The molecular weight excluding hydrogens is 419 g/mol. The van der Waals surface area contributed by atoms with E-state index < -0.39 is 0 Å². The molecule has 0 bridgehead atoms. The van der Waals surface area contributed by atoms with E-state index in [0.29, 0.717) is 36.3 Å². The lowest BCUT2D eigenvalue weighted by molar-refractivity contribution is -0.127. The second kappa shape index (κ2) is 10.7. The molecule has 0 radical (unpaired) electrons. The summed E-state index contributed by atoms with van der Waals surface area (Å²) >= 11 is 0. The number of benzene rings is 2. The summed E-state index contributed by atoms with van der Waals surface area (Å²) in [5.74, 6) is 1.14. The number of nitrogens with one attached hydrogen (secondary N) is 1. The Morgan fingerprint density at radius 1 is 1.18 bits per heavy atom. The van der Waals surface area contributed by atoms with Crippen molar-refractivity contribution >= 4 is 5.91 Å². The lowest BCUT2D eigenvalue weighted by Gasteiger charge is -2.32. The Balaban J connectivity index is 1.37. The molecule has 2 heterocycles. The third kappa shape index (κ3) is 6.26. The predicted molar refractivity (Wildman–Crippen MR) is 124 cm³/mol. The minimum atomic E-state index is -0.303. The predicted octanol–water partition coefficient (Wildman–Crippen LogP) is 4.99. The van der Waals surface area contributed by atoms with Gasteiger partial charge in [0.25, 0.3) is 0 Å². The van der Waals surface area contributed by atoms with Crippen LogP contribution in [0.5, 0.6) is 0 Å². The molecule has 1 fully saturated rings. The molecule has 1 saturated heterocycles. The molecule has 2 unspecified atom stereocenters. The highest BCUT2D eigenvalue weighted by atomic mass is 19.1. The fourth-order valence-corrected chi connectivity index (χ4v) is 4.36. The van der Waals surface area contributed by atoms with Crippen LogP contribution in [0.3, 0.4) is 0 Å². The molecule has 0 saturated carbocycles. The minimum absolute atomic E-state index is 0.0169. The SMILES string of the molecule is CC(C)CC(NC(=O)C1CCCN(Cc2nc(-c3ccc(F)cc3)no2)C1)c1ccccc1. The van der Waals surface area contributed by atoms with Gasteiger partial charge >= 0.3 is 0 Å². The van der Waals surface area contributed by atoms with Crippen LogP contribution in [0.25, 0.3) is 11.4 Å². The number of amides is 1. The van der Waals surface area contributed by atoms with Crippen molar-refractivity contribution in [3.8, 4) is 11.4 Å². The topological polar surface area (TPSA) is 71.3 Å². The van der Waals surface area contributed by atoms with Crippen LogP contribution >= 0.6 is 0 Å². The van der Waals surface area contributed by atoms with Gasteiger partial charge in [0.2, 0.25) is 17.6 Å². The molecular formula is C26H31FN4O2. The van der Waals surface area contributed by atoms with Gasteiger partial charge in [0.05, 0.1) is 18.5 Å². The number of nitrogens with zero attached hydrogens (tertiary/aromatic N) is 3. The van der Waals surface area contributed by atoms with Crippen LogP contribution in [-0.2, 0) is 11.3 Å². The molecule has 4 rings (SSSR count). The molecule has 1 amide bonds. The maximum atomic E-state index is 13.2. The first-order valence-corrected chi connectivity index (χ1v) is 11.6. The first-order chi connectivity index (χ1) is 16.0. The molecule has 0 spiro atoms. The number of halogens is 1. The summed E-state index contributed by atoms with van der Waals surface area (Å²) in [6, 6.07) is 16.2. The van der Waals surface area contributed by atoms with Crippen molar-refractivity contribution in [2.75, 3.05) is 13.1 Å². The zero-order chi connectivity index (χ0) is 23.2. The van der Waals surface area contributed by atoms with Crippen molar-refractivity contribution in [1.82, 2.24) is 20.4 Å². The van der Waals surface area contributed by atoms with Gasteiger partial charge in [0.15, 0.2) is 0 Å². The average molecular weight is 451 g/mol. The van der Waals surface area contributed by atoms with E-state index in [9.17, 15) is 9.18 Å². The van der Waals surface area contributed by atoms with Crippen molar-refractivity contribution in [2.24, 2.45) is 11.8 Å². The number of piperidine rings is 1. The third-order valence-corrected chi connectivity index (χ3v) is 6.03. The highest BCUT2D eigenvalue weighted by Gasteiger charge is 2.28. The van der Waals surface area contributed by atoms with E-state index in [1.165, 1.54) is 12.1 Å². The fourth-order valence-electron chi connectivity index (χ4n) is 4.36. The van der Waals surface area contributed by atoms with Crippen LogP contribution in [0, 0.1) is 17.7 Å². The smallest absolute Gasteiger partial charge is 0.241 e. The van der Waals surface area contributed by atoms with Crippen LogP contribution in [0.2, 0.25) is 0 Å². The maximum absolute atomic E-state index is 13.2. The highest BCUT2D eigenvalue weighted by molar-refractivity contribution is 5.79. The zero-order valence-electron chi connectivity index (χ0n) is 19.2. The van der Waals surface area contributed by atoms with E-state index in [4.69, 9.17) is 4.52 Å². The van der Waals surface area contributed by atoms with Gasteiger partial charge in [-0.05, 0) is 61.6 Å². The number of hydrogen-bond acceptors (Lipinski definition) is 5. The van der Waals surface area contributed by atoms with E-state index in [1.54, 1.807) is 12.1 Å². The summed E-state index contributed by atoms with van der Waals surface area (Å²) in [4.78, 5) is 19.8. The van der Waals surface area contributed by atoms with Gasteiger partial charge in [0.1, 0.15) is 5.82 Å². The van der Waals surface area contributed by atoms with Gasteiger partial charge < -0.3 is 9.84 Å². The molecule has 1 aliphatic rings. The van der Waals surface area contributed by atoms with Crippen molar-refractivity contribution in [3.05, 3.63) is 71.9 Å². The van der Waals surface area contributed by atoms with Gasteiger partial charge in [-0.1, -0.05) is 49.3 Å². The molecule has 7 heteroatoms. The van der Waals surface area contributed by atoms with Crippen molar-refractivity contribution < 1.29 is 13.7 Å². The Hall–Kier alpha value is -3.06. The molecule has 2 aromatic carbocycles. The van der Waals surface area contributed by atoms with Gasteiger partial charge in [-0.15, -0.1) is 0 Å². The zero-order valence-corrected chi connectivity index (χ0v) is 19.2. The van der Waals surface area contributed by atoms with E-state index in [0.717, 1.165) is 31.4 Å². The second-order valence-electron chi connectivity index (χ2n) is 9.19. The quantitative estimate of drug-likeness (QED) is 0.523. The van der Waals surface area contributed by atoms with Gasteiger partial charge in [0, 0.05) is 12.1 Å². The van der Waals surface area contributed by atoms with E-state index >= 15 is 0 Å². The Morgan fingerprint density at radius 3 is 2.67 bits per heavy atom. The number of hydrogen-bond donors (Lipinski definition) is 1. The molecule has 1 N–H and O–H groups in total. The molecule has 174 valence electrons. The molecule has 0 aliphatic carbocycles. The summed E-state index contributed by atoms with van der Waals surface area (Å²) < 4.78 is 18.6. The van der Waals surface area contributed by atoms with Crippen molar-refractivity contribution in [2.45, 2.75) is 45.7 Å². The number of carbonyl (C=O) groups is 1. The summed E-state index contributed by atoms with van der Waals surface area (Å²) in [7, 11) is 0. The van der Waals surface area contributed by atoms with Gasteiger partial charge in [-0.3, -0.25) is 9.69 Å². The maximum Gasteiger partial charge on any atom is 0.241 e. The summed E-state index contributed by atoms with van der Waals surface area (Å²) in [5.41, 5.74) is 1.85.